The summed E-state index contributed by atoms with van der Waals surface area (Å²) in [6.07, 6.45) is -9.58. The summed E-state index contributed by atoms with van der Waals surface area (Å²) < 4.78 is 86.3. The lowest BCUT2D eigenvalue weighted by atomic mass is 9.52. The number of hydrogen-bond donors (Lipinski definition) is 0. The van der Waals surface area contributed by atoms with E-state index in [9.17, 15) is 35.9 Å². The van der Waals surface area contributed by atoms with Gasteiger partial charge in [-0.2, -0.15) is 26.3 Å². The summed E-state index contributed by atoms with van der Waals surface area (Å²) in [4.78, 5) is 32.5. The first kappa shape index (κ1) is 30.3. The normalized spacial score (nSPS) is 24.1. The fourth-order valence-electron chi connectivity index (χ4n) is 6.79. The Morgan fingerprint density at radius 2 is 1.71 bits per heavy atom. The lowest BCUT2D eigenvalue weighted by molar-refractivity contribution is -0.144. The maximum Gasteiger partial charge on any atom is 0.418 e. The van der Waals surface area contributed by atoms with Crippen LogP contribution in [0.1, 0.15) is 59.7 Å². The van der Waals surface area contributed by atoms with Gasteiger partial charge >= 0.3 is 12.4 Å². The maximum atomic E-state index is 13.8. The van der Waals surface area contributed by atoms with E-state index in [0.717, 1.165) is 0 Å². The molecule has 2 fully saturated rings. The molecule has 0 saturated carbocycles. The number of rotatable bonds is 4. The number of nitrogens with zero attached hydrogens (tertiary/aromatic N) is 3. The van der Waals surface area contributed by atoms with Crippen molar-refractivity contribution < 1.29 is 40.7 Å². The zero-order valence-corrected chi connectivity index (χ0v) is 22.5. The molecule has 0 spiro atoms. The SMILES string of the molecule is [B]C([B])([B])Oc1cccc2c1C1CN(C(C)=O)CCC1C1CCN(C(=O)Cc3ncc(C(F)(F)F)cc3C(F)(F)F)C21. The number of alkyl halides is 6. The molecule has 1 aromatic carbocycles. The highest BCUT2D eigenvalue weighted by atomic mass is 19.4. The number of amides is 2. The summed E-state index contributed by atoms with van der Waals surface area (Å²) in [6.45, 7) is 2.56. The number of hydrogen-bond acceptors (Lipinski definition) is 4. The van der Waals surface area contributed by atoms with Crippen molar-refractivity contribution >= 4 is 35.4 Å². The lowest BCUT2D eigenvalue weighted by Crippen LogP contribution is -2.48. The van der Waals surface area contributed by atoms with E-state index in [0.29, 0.717) is 43.3 Å². The molecule has 1 aliphatic carbocycles. The molecule has 42 heavy (non-hydrogen) atoms. The number of fused-ring (bicyclic) bond motifs is 6. The highest BCUT2D eigenvalue weighted by molar-refractivity contribution is 6.58. The quantitative estimate of drug-likeness (QED) is 0.406. The number of carbonyl (C=O) groups is 2. The van der Waals surface area contributed by atoms with Gasteiger partial charge in [0.15, 0.2) is 0 Å². The standard InChI is InChI=1S/C27H24B3F6N3O3/c1-13(40)38-7-5-15-16-6-8-39(22(41)10-20-19(26(34,35)36)9-14(11-37-20)25(31,32)33)24(16)17-3-2-4-21(42-27(28,29)30)23(17)18(15)12-38/h2-4,9,11,15-16,18,24H,5-8,10,12H2,1H3. The molecular weight excluding hydrogens is 561 g/mol. The second-order valence-electron chi connectivity index (χ2n) is 11.1. The molecule has 4 unspecified atom stereocenters. The first-order valence-electron chi connectivity index (χ1n) is 13.3. The van der Waals surface area contributed by atoms with Crippen LogP contribution in [0.5, 0.6) is 5.75 Å². The highest BCUT2D eigenvalue weighted by Gasteiger charge is 2.52. The summed E-state index contributed by atoms with van der Waals surface area (Å²) in [7, 11) is 17.2. The Labute approximate surface area is 242 Å². The van der Waals surface area contributed by atoms with E-state index >= 15 is 0 Å². The third kappa shape index (κ3) is 5.75. The van der Waals surface area contributed by atoms with Gasteiger partial charge in [0.1, 0.15) is 29.3 Å². The van der Waals surface area contributed by atoms with Gasteiger partial charge in [-0.05, 0) is 47.7 Å². The Bertz CT molecular complexity index is 1400. The smallest absolute Gasteiger partial charge is 0.418 e. The maximum absolute atomic E-state index is 13.8. The van der Waals surface area contributed by atoms with Gasteiger partial charge in [-0.1, -0.05) is 12.1 Å². The molecule has 6 nitrogen and oxygen atoms in total. The van der Waals surface area contributed by atoms with E-state index in [4.69, 9.17) is 28.3 Å². The average molecular weight is 585 g/mol. The molecule has 2 aliphatic heterocycles. The largest absolute Gasteiger partial charge is 0.516 e. The second kappa shape index (κ2) is 10.6. The van der Waals surface area contributed by atoms with Crippen LogP contribution in [-0.2, 0) is 28.4 Å². The molecule has 5 rings (SSSR count). The van der Waals surface area contributed by atoms with Gasteiger partial charge in [0, 0.05) is 44.2 Å². The topological polar surface area (TPSA) is 62.7 Å². The fourth-order valence-corrected chi connectivity index (χ4v) is 6.79. The van der Waals surface area contributed by atoms with Crippen molar-refractivity contribution in [2.75, 3.05) is 19.6 Å². The molecular formula is C27H24B3F6N3O3. The van der Waals surface area contributed by atoms with Crippen LogP contribution in [-0.4, -0.2) is 75.1 Å². The monoisotopic (exact) mass is 585 g/mol. The van der Waals surface area contributed by atoms with Gasteiger partial charge in [-0.25, -0.2) is 0 Å². The zero-order valence-electron chi connectivity index (χ0n) is 22.5. The second-order valence-corrected chi connectivity index (χ2v) is 11.1. The number of ether oxygens (including phenoxy) is 1. The number of pyridine rings is 1. The van der Waals surface area contributed by atoms with E-state index in [-0.39, 0.29) is 42.0 Å². The average Bonchev–Trinajstić information content (AvgIpc) is 3.32. The van der Waals surface area contributed by atoms with Crippen LogP contribution in [0.4, 0.5) is 26.3 Å². The molecule has 3 heterocycles. The van der Waals surface area contributed by atoms with E-state index in [2.05, 4.69) is 4.98 Å². The van der Waals surface area contributed by atoms with Gasteiger partial charge < -0.3 is 14.5 Å². The number of piperidine rings is 1. The van der Waals surface area contributed by atoms with Crippen LogP contribution in [0.3, 0.4) is 0 Å². The number of likely N-dealkylation sites (tertiary alicyclic amines) is 2. The Balaban J connectivity index is 1.53. The van der Waals surface area contributed by atoms with Gasteiger partial charge in [0.25, 0.3) is 0 Å². The van der Waals surface area contributed by atoms with Crippen molar-refractivity contribution in [1.82, 2.24) is 14.8 Å². The molecule has 2 amide bonds. The summed E-state index contributed by atoms with van der Waals surface area (Å²) in [5, 5.41) is -2.04. The fraction of sp³-hybridized carbons (Fsp3) is 0.519. The molecule has 2 saturated heterocycles. The molecule has 15 heteroatoms. The summed E-state index contributed by atoms with van der Waals surface area (Å²) >= 11 is 0. The predicted octanol–water partition coefficient (Wildman–Crippen LogP) is 3.71. The number of halogens is 6. The third-order valence-corrected chi connectivity index (χ3v) is 8.42. The molecule has 0 bridgehead atoms. The summed E-state index contributed by atoms with van der Waals surface area (Å²) in [5.41, 5.74) is -2.63. The van der Waals surface area contributed by atoms with Crippen LogP contribution >= 0.6 is 0 Å². The molecule has 1 aromatic heterocycles. The number of benzene rings is 1. The third-order valence-electron chi connectivity index (χ3n) is 8.42. The van der Waals surface area contributed by atoms with E-state index in [1.807, 2.05) is 0 Å². The molecule has 3 aliphatic rings. The molecule has 6 radical (unpaired) electrons. The molecule has 216 valence electrons. The minimum atomic E-state index is -5.15. The first-order chi connectivity index (χ1) is 19.5. The van der Waals surface area contributed by atoms with Crippen molar-refractivity contribution in [1.29, 1.82) is 0 Å². The van der Waals surface area contributed by atoms with Gasteiger partial charge in [-0.3, -0.25) is 14.6 Å². The Morgan fingerprint density at radius 1 is 1.02 bits per heavy atom. The highest BCUT2D eigenvalue weighted by Crippen LogP contribution is 2.57. The summed E-state index contributed by atoms with van der Waals surface area (Å²) in [6, 6.07) is 4.47. The molecule has 2 aromatic rings. The van der Waals surface area contributed by atoms with Crippen molar-refractivity contribution in [2.45, 2.75) is 55.8 Å². The Morgan fingerprint density at radius 3 is 2.33 bits per heavy atom. The molecule has 0 N–H and O–H groups in total. The predicted molar refractivity (Wildman–Crippen MR) is 141 cm³/mol. The summed E-state index contributed by atoms with van der Waals surface area (Å²) in [5.74, 6) is -0.852. The number of aromatic nitrogens is 1. The number of carbonyl (C=O) groups excluding carboxylic acids is 2. The molecule has 4 atom stereocenters. The Kier molecular flexibility index (Phi) is 7.63. The van der Waals surface area contributed by atoms with Crippen molar-refractivity contribution in [3.63, 3.8) is 0 Å². The van der Waals surface area contributed by atoms with Crippen molar-refractivity contribution in [3.8, 4) is 5.75 Å². The van der Waals surface area contributed by atoms with Gasteiger partial charge in [-0.15, -0.1) is 0 Å². The van der Waals surface area contributed by atoms with Crippen LogP contribution < -0.4 is 4.74 Å². The minimum absolute atomic E-state index is 0.0155. The van der Waals surface area contributed by atoms with E-state index in [1.54, 1.807) is 23.1 Å². The lowest BCUT2D eigenvalue weighted by Gasteiger charge is -2.49. The minimum Gasteiger partial charge on any atom is -0.516 e. The van der Waals surface area contributed by atoms with Gasteiger partial charge in [0.2, 0.25) is 11.8 Å². The van der Waals surface area contributed by atoms with Crippen LogP contribution in [0.25, 0.3) is 0 Å². The van der Waals surface area contributed by atoms with E-state index < -0.39 is 52.8 Å². The van der Waals surface area contributed by atoms with Crippen molar-refractivity contribution in [3.05, 3.63) is 58.4 Å². The first-order valence-corrected chi connectivity index (χ1v) is 13.3. The zero-order chi connectivity index (χ0) is 30.8. The van der Waals surface area contributed by atoms with Crippen molar-refractivity contribution in [2.24, 2.45) is 11.8 Å². The van der Waals surface area contributed by atoms with E-state index in [1.165, 1.54) is 11.8 Å². The Hall–Kier alpha value is -3.12. The van der Waals surface area contributed by atoms with Gasteiger partial charge in [0.05, 0.1) is 29.3 Å². The van der Waals surface area contributed by atoms with Crippen LogP contribution in [0, 0.1) is 11.8 Å². The van der Waals surface area contributed by atoms with Crippen LogP contribution in [0.2, 0.25) is 0 Å². The van der Waals surface area contributed by atoms with Crippen LogP contribution in [0.15, 0.2) is 30.5 Å².